The van der Waals surface area contributed by atoms with Gasteiger partial charge in [0, 0.05) is 37.2 Å². The number of aromatic nitrogens is 2. The van der Waals surface area contributed by atoms with E-state index in [1.54, 1.807) is 28.9 Å². The maximum absolute atomic E-state index is 12.8. The highest BCUT2D eigenvalue weighted by Crippen LogP contribution is 2.35. The molecule has 1 aliphatic rings. The molecule has 0 bridgehead atoms. The van der Waals surface area contributed by atoms with Gasteiger partial charge in [0.25, 0.3) is 11.8 Å². The molecular formula is C22H19N5O2. The summed E-state index contributed by atoms with van der Waals surface area (Å²) in [4.78, 5) is 26.9. The molecule has 0 fully saturated rings. The molecule has 0 unspecified atom stereocenters. The van der Waals surface area contributed by atoms with Crippen LogP contribution < -0.4 is 5.32 Å². The Bertz CT molecular complexity index is 1230. The van der Waals surface area contributed by atoms with Crippen molar-refractivity contribution < 1.29 is 9.59 Å². The van der Waals surface area contributed by atoms with Crippen molar-refractivity contribution in [3.8, 4) is 17.2 Å². The molecule has 144 valence electrons. The maximum atomic E-state index is 12.8. The van der Waals surface area contributed by atoms with E-state index in [0.717, 1.165) is 27.6 Å². The summed E-state index contributed by atoms with van der Waals surface area (Å²) in [5.41, 5.74) is 4.92. The number of carbonyl (C=O) groups is 2. The molecule has 7 heteroatoms. The second-order valence-corrected chi connectivity index (χ2v) is 7.01. The lowest BCUT2D eigenvalue weighted by atomic mass is 9.94. The normalized spacial score (nSPS) is 12.7. The van der Waals surface area contributed by atoms with Crippen molar-refractivity contribution in [3.05, 3.63) is 65.4 Å². The Morgan fingerprint density at radius 1 is 1.34 bits per heavy atom. The predicted molar refractivity (Wildman–Crippen MR) is 109 cm³/mol. The van der Waals surface area contributed by atoms with Crippen molar-refractivity contribution >= 4 is 22.7 Å². The van der Waals surface area contributed by atoms with Crippen LogP contribution in [0.4, 0.5) is 0 Å². The minimum atomic E-state index is -0.194. The van der Waals surface area contributed by atoms with Crippen LogP contribution in [0.1, 0.15) is 26.3 Å². The molecule has 1 aromatic heterocycles. The lowest BCUT2D eigenvalue weighted by Gasteiger charge is -2.14. The fraction of sp³-hybridized carbons (Fsp3) is 0.182. The number of carbonyl (C=O) groups excluding carboxylic acids is 2. The second kappa shape index (κ2) is 6.91. The summed E-state index contributed by atoms with van der Waals surface area (Å²) >= 11 is 0. The van der Waals surface area contributed by atoms with Gasteiger partial charge in [0.1, 0.15) is 0 Å². The number of rotatable bonds is 4. The number of amides is 2. The van der Waals surface area contributed by atoms with Gasteiger partial charge in [-0.1, -0.05) is 18.7 Å². The smallest absolute Gasteiger partial charge is 0.254 e. The molecule has 0 saturated heterocycles. The van der Waals surface area contributed by atoms with Crippen molar-refractivity contribution in [2.45, 2.75) is 6.54 Å². The van der Waals surface area contributed by atoms with E-state index in [2.05, 4.69) is 17.0 Å². The van der Waals surface area contributed by atoms with Crippen LogP contribution in [0.3, 0.4) is 0 Å². The third-order valence-corrected chi connectivity index (χ3v) is 5.23. The van der Waals surface area contributed by atoms with Gasteiger partial charge in [-0.05, 0) is 34.9 Å². The predicted octanol–water partition coefficient (Wildman–Crippen LogP) is 2.64. The molecule has 3 aromatic rings. The topological polar surface area (TPSA) is 91.0 Å². The highest BCUT2D eigenvalue weighted by Gasteiger charge is 2.30. The first kappa shape index (κ1) is 18.4. The monoisotopic (exact) mass is 385 g/mol. The van der Waals surface area contributed by atoms with E-state index in [1.165, 1.54) is 0 Å². The van der Waals surface area contributed by atoms with E-state index >= 15 is 0 Å². The molecule has 0 saturated carbocycles. The number of nitrogens with one attached hydrogen (secondary N) is 1. The minimum Gasteiger partial charge on any atom is -0.355 e. The first-order valence-electron chi connectivity index (χ1n) is 9.11. The molecular weight excluding hydrogens is 366 g/mol. The zero-order chi connectivity index (χ0) is 20.7. The van der Waals surface area contributed by atoms with Crippen molar-refractivity contribution in [1.82, 2.24) is 20.0 Å². The molecule has 1 N–H and O–H groups in total. The largest absolute Gasteiger partial charge is 0.355 e. The maximum Gasteiger partial charge on any atom is 0.254 e. The average molecular weight is 385 g/mol. The van der Waals surface area contributed by atoms with Gasteiger partial charge >= 0.3 is 0 Å². The standard InChI is InChI=1S/C22H19N5O2/c1-13(9-23)11-27-12-19-15(5-4-6-16(19)22(27)29)14-7-17(21(28)24-2)18-10-25-26(3)20(18)8-14/h4-8,10H,1,11-12H2,2-3H3,(H,24,28). The molecule has 0 spiro atoms. The number of benzene rings is 2. The lowest BCUT2D eigenvalue weighted by molar-refractivity contribution is 0.0793. The Balaban J connectivity index is 1.86. The Morgan fingerprint density at radius 2 is 2.10 bits per heavy atom. The molecule has 2 amide bonds. The third-order valence-electron chi connectivity index (χ3n) is 5.23. The van der Waals surface area contributed by atoms with E-state index in [1.807, 2.05) is 37.4 Å². The van der Waals surface area contributed by atoms with Crippen LogP contribution in [0.25, 0.3) is 22.0 Å². The molecule has 2 heterocycles. The lowest BCUT2D eigenvalue weighted by Crippen LogP contribution is -2.25. The van der Waals surface area contributed by atoms with Crippen LogP contribution >= 0.6 is 0 Å². The fourth-order valence-electron chi connectivity index (χ4n) is 3.78. The van der Waals surface area contributed by atoms with Gasteiger partial charge in [-0.2, -0.15) is 10.4 Å². The van der Waals surface area contributed by atoms with E-state index in [0.29, 0.717) is 23.2 Å². The number of fused-ring (bicyclic) bond motifs is 2. The van der Waals surface area contributed by atoms with E-state index < -0.39 is 0 Å². The molecule has 2 aromatic carbocycles. The summed E-state index contributed by atoms with van der Waals surface area (Å²) in [5.74, 6) is -0.313. The summed E-state index contributed by atoms with van der Waals surface area (Å²) in [7, 11) is 3.42. The summed E-state index contributed by atoms with van der Waals surface area (Å²) < 4.78 is 1.73. The Kier molecular flexibility index (Phi) is 4.40. The molecule has 7 nitrogen and oxygen atoms in total. The molecule has 4 rings (SSSR count). The van der Waals surface area contributed by atoms with Gasteiger partial charge in [0.2, 0.25) is 0 Å². The van der Waals surface area contributed by atoms with Crippen LogP contribution in [0.2, 0.25) is 0 Å². The molecule has 0 atom stereocenters. The number of nitrogens with zero attached hydrogens (tertiary/aromatic N) is 4. The van der Waals surface area contributed by atoms with Gasteiger partial charge in [-0.3, -0.25) is 14.3 Å². The summed E-state index contributed by atoms with van der Waals surface area (Å²) in [6, 6.07) is 11.4. The molecule has 0 aliphatic carbocycles. The highest BCUT2D eigenvalue weighted by atomic mass is 16.2. The van der Waals surface area contributed by atoms with Gasteiger partial charge in [-0.25, -0.2) is 0 Å². The zero-order valence-corrected chi connectivity index (χ0v) is 16.2. The van der Waals surface area contributed by atoms with E-state index in [4.69, 9.17) is 5.26 Å². The Hall–Kier alpha value is -3.92. The number of nitriles is 1. The van der Waals surface area contributed by atoms with Crippen LogP contribution in [-0.2, 0) is 13.6 Å². The van der Waals surface area contributed by atoms with Crippen LogP contribution in [-0.4, -0.2) is 40.1 Å². The summed E-state index contributed by atoms with van der Waals surface area (Å²) in [6.45, 7) is 4.28. The third kappa shape index (κ3) is 2.95. The zero-order valence-electron chi connectivity index (χ0n) is 16.2. The van der Waals surface area contributed by atoms with Crippen molar-refractivity contribution in [1.29, 1.82) is 5.26 Å². The number of hydrogen-bond donors (Lipinski definition) is 1. The van der Waals surface area contributed by atoms with E-state index in [-0.39, 0.29) is 18.4 Å². The SMILES string of the molecule is C=C(C#N)CN1Cc2c(cccc2-c2cc(C(=O)NC)c3cnn(C)c3c2)C1=O. The fourth-order valence-corrected chi connectivity index (χ4v) is 3.78. The molecule has 1 aliphatic heterocycles. The van der Waals surface area contributed by atoms with Crippen LogP contribution in [0.15, 0.2) is 48.7 Å². The Labute approximate surface area is 167 Å². The molecule has 0 radical (unpaired) electrons. The minimum absolute atomic E-state index is 0.119. The van der Waals surface area contributed by atoms with E-state index in [9.17, 15) is 9.59 Å². The Morgan fingerprint density at radius 3 is 2.83 bits per heavy atom. The van der Waals surface area contributed by atoms with Gasteiger partial charge in [0.15, 0.2) is 0 Å². The van der Waals surface area contributed by atoms with Crippen molar-refractivity contribution in [3.63, 3.8) is 0 Å². The molecule has 29 heavy (non-hydrogen) atoms. The van der Waals surface area contributed by atoms with Crippen molar-refractivity contribution in [2.75, 3.05) is 13.6 Å². The summed E-state index contributed by atoms with van der Waals surface area (Å²) in [6.07, 6.45) is 1.68. The van der Waals surface area contributed by atoms with Crippen LogP contribution in [0, 0.1) is 11.3 Å². The quantitative estimate of drug-likeness (QED) is 0.699. The van der Waals surface area contributed by atoms with Gasteiger partial charge in [0.05, 0.1) is 29.9 Å². The first-order chi connectivity index (χ1) is 13.9. The number of hydrogen-bond acceptors (Lipinski definition) is 4. The highest BCUT2D eigenvalue weighted by molar-refractivity contribution is 6.08. The summed E-state index contributed by atoms with van der Waals surface area (Å²) in [5, 5.41) is 16.7. The van der Waals surface area contributed by atoms with Crippen molar-refractivity contribution in [2.24, 2.45) is 7.05 Å². The number of aryl methyl sites for hydroxylation is 1. The van der Waals surface area contributed by atoms with Crippen LogP contribution in [0.5, 0.6) is 0 Å². The first-order valence-corrected chi connectivity index (χ1v) is 9.11. The van der Waals surface area contributed by atoms with Gasteiger partial charge in [-0.15, -0.1) is 0 Å². The second-order valence-electron chi connectivity index (χ2n) is 7.01. The average Bonchev–Trinajstić information content (AvgIpc) is 3.26. The van der Waals surface area contributed by atoms with Gasteiger partial charge < -0.3 is 10.2 Å².